The number of morpholine rings is 1. The van der Waals surface area contributed by atoms with Gasteiger partial charge in [0, 0.05) is 36.3 Å². The molecule has 2 unspecified atom stereocenters. The molecule has 1 saturated heterocycles. The van der Waals surface area contributed by atoms with E-state index in [1.54, 1.807) is 18.2 Å². The third-order valence-electron chi connectivity index (χ3n) is 6.41. The van der Waals surface area contributed by atoms with Crippen molar-refractivity contribution in [3.63, 3.8) is 0 Å². The van der Waals surface area contributed by atoms with Gasteiger partial charge in [0.2, 0.25) is 0 Å². The molecule has 2 atom stereocenters. The molecule has 0 spiro atoms. The molecule has 7 heteroatoms. The fourth-order valence-electron chi connectivity index (χ4n) is 4.61. The zero-order chi connectivity index (χ0) is 25.7. The minimum Gasteiger partial charge on any atom is -0.377 e. The SMILES string of the molecule is Cc1cccc(C(=O)Nc2cc(C(=O)NCc3cccc(CN)c3)ccc2N2C(C)COCC2C)c1. The second kappa shape index (κ2) is 11.4. The molecule has 1 aliphatic rings. The third kappa shape index (κ3) is 5.93. The molecular weight excluding hydrogens is 452 g/mol. The highest BCUT2D eigenvalue weighted by Gasteiger charge is 2.28. The van der Waals surface area contributed by atoms with Crippen LogP contribution >= 0.6 is 0 Å². The molecule has 0 bridgehead atoms. The highest BCUT2D eigenvalue weighted by Crippen LogP contribution is 2.33. The van der Waals surface area contributed by atoms with Gasteiger partial charge in [-0.05, 0) is 62.2 Å². The minimum absolute atomic E-state index is 0.123. The highest BCUT2D eigenvalue weighted by atomic mass is 16.5. The van der Waals surface area contributed by atoms with Gasteiger partial charge < -0.3 is 26.0 Å². The second-order valence-corrected chi connectivity index (χ2v) is 9.41. The summed E-state index contributed by atoms with van der Waals surface area (Å²) in [4.78, 5) is 28.5. The van der Waals surface area contributed by atoms with Crippen LogP contribution in [0.1, 0.15) is 51.3 Å². The molecule has 7 nitrogen and oxygen atoms in total. The largest absolute Gasteiger partial charge is 0.377 e. The molecule has 1 heterocycles. The number of amides is 2. The van der Waals surface area contributed by atoms with Crippen LogP contribution in [-0.2, 0) is 17.8 Å². The van der Waals surface area contributed by atoms with E-state index in [1.165, 1.54) is 0 Å². The number of anilines is 2. The zero-order valence-corrected chi connectivity index (χ0v) is 21.1. The molecule has 188 valence electrons. The maximum absolute atomic E-state index is 13.2. The van der Waals surface area contributed by atoms with Crippen molar-refractivity contribution in [2.45, 2.75) is 45.9 Å². The van der Waals surface area contributed by atoms with Crippen molar-refractivity contribution in [2.24, 2.45) is 5.73 Å². The first kappa shape index (κ1) is 25.4. The number of hydrogen-bond acceptors (Lipinski definition) is 5. The van der Waals surface area contributed by atoms with Gasteiger partial charge >= 0.3 is 0 Å². The summed E-state index contributed by atoms with van der Waals surface area (Å²) in [6.45, 7) is 8.17. The van der Waals surface area contributed by atoms with Gasteiger partial charge in [0.15, 0.2) is 0 Å². The van der Waals surface area contributed by atoms with Crippen LogP contribution in [0.3, 0.4) is 0 Å². The maximum atomic E-state index is 13.2. The van der Waals surface area contributed by atoms with Crippen molar-refractivity contribution < 1.29 is 14.3 Å². The van der Waals surface area contributed by atoms with Gasteiger partial charge in [0.1, 0.15) is 0 Å². The molecule has 3 aromatic carbocycles. The van der Waals surface area contributed by atoms with Crippen molar-refractivity contribution in [1.29, 1.82) is 0 Å². The summed E-state index contributed by atoms with van der Waals surface area (Å²) in [6, 6.07) is 21.0. The molecule has 4 rings (SSSR count). The molecule has 0 aliphatic carbocycles. The fourth-order valence-corrected chi connectivity index (χ4v) is 4.61. The van der Waals surface area contributed by atoms with E-state index < -0.39 is 0 Å². The Morgan fingerprint density at radius 3 is 2.33 bits per heavy atom. The summed E-state index contributed by atoms with van der Waals surface area (Å²) in [7, 11) is 0. The monoisotopic (exact) mass is 486 g/mol. The standard InChI is InChI=1S/C29H34N4O3/c1-19-6-4-9-24(12-19)29(35)32-26-14-25(10-11-27(26)33-20(2)17-36-18-21(33)3)28(34)31-16-23-8-5-7-22(13-23)15-30/h4-14,20-21H,15-18,30H2,1-3H3,(H,31,34)(H,32,35). The first-order valence-electron chi connectivity index (χ1n) is 12.3. The maximum Gasteiger partial charge on any atom is 0.255 e. The van der Waals surface area contributed by atoms with Crippen molar-refractivity contribution in [3.8, 4) is 0 Å². The van der Waals surface area contributed by atoms with Crippen LogP contribution in [0.25, 0.3) is 0 Å². The number of nitrogens with one attached hydrogen (secondary N) is 2. The normalized spacial score (nSPS) is 17.5. The first-order chi connectivity index (χ1) is 17.4. The predicted octanol–water partition coefficient (Wildman–Crippen LogP) is 4.25. The number of nitrogens with zero attached hydrogens (tertiary/aromatic N) is 1. The van der Waals surface area contributed by atoms with Crippen molar-refractivity contribution in [3.05, 3.63) is 94.5 Å². The van der Waals surface area contributed by atoms with Gasteiger partial charge in [0.05, 0.1) is 24.6 Å². The topological polar surface area (TPSA) is 96.7 Å². The van der Waals surface area contributed by atoms with Crippen LogP contribution in [0, 0.1) is 6.92 Å². The van der Waals surface area contributed by atoms with E-state index >= 15 is 0 Å². The molecule has 36 heavy (non-hydrogen) atoms. The van der Waals surface area contributed by atoms with E-state index in [2.05, 4.69) is 29.4 Å². The van der Waals surface area contributed by atoms with Gasteiger partial charge in [-0.2, -0.15) is 0 Å². The van der Waals surface area contributed by atoms with E-state index in [4.69, 9.17) is 10.5 Å². The van der Waals surface area contributed by atoms with Crippen LogP contribution in [0.4, 0.5) is 11.4 Å². The molecule has 0 saturated carbocycles. The van der Waals surface area contributed by atoms with E-state index in [-0.39, 0.29) is 23.9 Å². The first-order valence-corrected chi connectivity index (χ1v) is 12.3. The Kier molecular flexibility index (Phi) is 8.03. The average Bonchev–Trinajstić information content (AvgIpc) is 2.88. The third-order valence-corrected chi connectivity index (χ3v) is 6.41. The van der Waals surface area contributed by atoms with Crippen molar-refractivity contribution >= 4 is 23.2 Å². The lowest BCUT2D eigenvalue weighted by atomic mass is 10.1. The number of aryl methyl sites for hydroxylation is 1. The Balaban J connectivity index is 1.61. The molecule has 4 N–H and O–H groups in total. The van der Waals surface area contributed by atoms with Gasteiger partial charge in [-0.15, -0.1) is 0 Å². The Hall–Kier alpha value is -3.68. The molecule has 1 fully saturated rings. The van der Waals surface area contributed by atoms with Gasteiger partial charge in [-0.25, -0.2) is 0 Å². The van der Waals surface area contributed by atoms with Crippen LogP contribution in [0.15, 0.2) is 66.7 Å². The van der Waals surface area contributed by atoms with E-state index in [1.807, 2.05) is 55.5 Å². The second-order valence-electron chi connectivity index (χ2n) is 9.41. The number of nitrogens with two attached hydrogens (primary N) is 1. The number of carbonyl (C=O) groups is 2. The van der Waals surface area contributed by atoms with Crippen LogP contribution in [0.2, 0.25) is 0 Å². The van der Waals surface area contributed by atoms with Crippen LogP contribution < -0.4 is 21.3 Å². The van der Waals surface area contributed by atoms with E-state index in [0.29, 0.717) is 43.1 Å². The smallest absolute Gasteiger partial charge is 0.255 e. The summed E-state index contributed by atoms with van der Waals surface area (Å²) in [5.74, 6) is -0.432. The number of carbonyl (C=O) groups excluding carboxylic acids is 2. The Morgan fingerprint density at radius 2 is 1.61 bits per heavy atom. The molecule has 3 aromatic rings. The van der Waals surface area contributed by atoms with Crippen molar-refractivity contribution in [1.82, 2.24) is 5.32 Å². The number of ether oxygens (including phenoxy) is 1. The lowest BCUT2D eigenvalue weighted by Gasteiger charge is -2.41. The van der Waals surface area contributed by atoms with Crippen LogP contribution in [0.5, 0.6) is 0 Å². The Morgan fingerprint density at radius 1 is 0.917 bits per heavy atom. The van der Waals surface area contributed by atoms with Gasteiger partial charge in [0.25, 0.3) is 11.8 Å². The highest BCUT2D eigenvalue weighted by molar-refractivity contribution is 6.07. The molecular formula is C29H34N4O3. The summed E-state index contributed by atoms with van der Waals surface area (Å²) in [5, 5.41) is 6.04. The molecule has 0 aromatic heterocycles. The van der Waals surface area contributed by atoms with Gasteiger partial charge in [-0.1, -0.05) is 42.0 Å². The van der Waals surface area contributed by atoms with E-state index in [9.17, 15) is 9.59 Å². The average molecular weight is 487 g/mol. The van der Waals surface area contributed by atoms with E-state index in [0.717, 1.165) is 22.4 Å². The van der Waals surface area contributed by atoms with Crippen molar-refractivity contribution in [2.75, 3.05) is 23.4 Å². The predicted molar refractivity (Wildman–Crippen MR) is 143 cm³/mol. The quantitative estimate of drug-likeness (QED) is 0.464. The molecule has 0 radical (unpaired) electrons. The lowest BCUT2D eigenvalue weighted by Crippen LogP contribution is -2.50. The van der Waals surface area contributed by atoms with Crippen LogP contribution in [-0.4, -0.2) is 37.1 Å². The minimum atomic E-state index is -0.218. The molecule has 1 aliphatic heterocycles. The fraction of sp³-hybridized carbons (Fsp3) is 0.310. The number of hydrogen-bond donors (Lipinski definition) is 3. The summed E-state index contributed by atoms with van der Waals surface area (Å²) in [5.41, 5.74) is 11.2. The Bertz CT molecular complexity index is 1230. The summed E-state index contributed by atoms with van der Waals surface area (Å²) < 4.78 is 5.70. The van der Waals surface area contributed by atoms with Gasteiger partial charge in [-0.3, -0.25) is 9.59 Å². The lowest BCUT2D eigenvalue weighted by molar-refractivity contribution is 0.0757. The summed E-state index contributed by atoms with van der Waals surface area (Å²) in [6.07, 6.45) is 0. The Labute approximate surface area is 212 Å². The number of rotatable bonds is 7. The zero-order valence-electron chi connectivity index (χ0n) is 21.1. The summed E-state index contributed by atoms with van der Waals surface area (Å²) >= 11 is 0. The molecule has 2 amide bonds. The number of benzene rings is 3.